The van der Waals surface area contributed by atoms with Crippen molar-refractivity contribution in [3.05, 3.63) is 76.6 Å². The van der Waals surface area contributed by atoms with Crippen molar-refractivity contribution in [2.45, 2.75) is 39.8 Å². The van der Waals surface area contributed by atoms with Crippen LogP contribution in [0.2, 0.25) is 0 Å². The van der Waals surface area contributed by atoms with E-state index in [1.165, 1.54) is 4.90 Å². The zero-order chi connectivity index (χ0) is 27.0. The first kappa shape index (κ1) is 24.9. The number of fused-ring (bicyclic) bond motifs is 2. The van der Waals surface area contributed by atoms with Crippen molar-refractivity contribution in [1.29, 1.82) is 0 Å². The molecule has 0 saturated carbocycles. The third kappa shape index (κ3) is 4.42. The molecule has 1 aliphatic heterocycles. The predicted molar refractivity (Wildman–Crippen MR) is 140 cm³/mol. The van der Waals surface area contributed by atoms with Gasteiger partial charge in [-0.1, -0.05) is 12.1 Å². The summed E-state index contributed by atoms with van der Waals surface area (Å²) in [5.74, 6) is -1.18. The Labute approximate surface area is 218 Å². The number of aryl methyl sites for hydroxylation is 3. The minimum absolute atomic E-state index is 0.279. The lowest BCUT2D eigenvalue weighted by Gasteiger charge is -2.15. The van der Waals surface area contributed by atoms with Crippen LogP contribution >= 0.6 is 0 Å². The number of primary amides is 1. The number of amides is 4. The number of nitrogens with one attached hydrogen (secondary N) is 1. The molecule has 194 valence electrons. The Bertz CT molecular complexity index is 1570. The van der Waals surface area contributed by atoms with E-state index < -0.39 is 5.91 Å². The second kappa shape index (κ2) is 9.92. The van der Waals surface area contributed by atoms with E-state index in [1.807, 2.05) is 18.4 Å². The van der Waals surface area contributed by atoms with Gasteiger partial charge in [-0.3, -0.25) is 34.1 Å². The van der Waals surface area contributed by atoms with E-state index in [4.69, 9.17) is 5.73 Å². The predicted octanol–water partition coefficient (Wildman–Crippen LogP) is 2.99. The van der Waals surface area contributed by atoms with E-state index in [-0.39, 0.29) is 24.3 Å². The lowest BCUT2D eigenvalue weighted by atomic mass is 10.1. The number of benzene rings is 2. The largest absolute Gasteiger partial charge is 0.366 e. The Balaban J connectivity index is 1.35. The van der Waals surface area contributed by atoms with Gasteiger partial charge in [0.05, 0.1) is 27.9 Å². The molecule has 0 saturated heterocycles. The molecule has 1 aliphatic rings. The first-order valence-corrected chi connectivity index (χ1v) is 12.4. The van der Waals surface area contributed by atoms with Crippen LogP contribution in [0.25, 0.3) is 11.0 Å². The number of hydrogen-bond donors (Lipinski definition) is 2. The van der Waals surface area contributed by atoms with E-state index in [9.17, 15) is 19.2 Å². The zero-order valence-electron chi connectivity index (χ0n) is 21.1. The number of unbranched alkanes of at least 4 members (excludes halogenated alkanes) is 1. The van der Waals surface area contributed by atoms with E-state index in [1.54, 1.807) is 53.2 Å². The van der Waals surface area contributed by atoms with Crippen LogP contribution in [0, 0.1) is 6.92 Å². The highest BCUT2D eigenvalue weighted by molar-refractivity contribution is 6.21. The van der Waals surface area contributed by atoms with Crippen molar-refractivity contribution in [2.24, 2.45) is 5.73 Å². The smallest absolute Gasteiger partial charge is 0.276 e. The summed E-state index contributed by atoms with van der Waals surface area (Å²) in [7, 11) is 0. The molecule has 0 atom stereocenters. The molecule has 0 spiro atoms. The maximum absolute atomic E-state index is 13.1. The second-order valence-electron chi connectivity index (χ2n) is 9.11. The maximum atomic E-state index is 13.1. The number of hydrogen-bond acceptors (Lipinski definition) is 6. The van der Waals surface area contributed by atoms with Crippen molar-refractivity contribution >= 4 is 40.6 Å². The Morgan fingerprint density at radius 2 is 1.66 bits per heavy atom. The molecule has 3 heterocycles. The van der Waals surface area contributed by atoms with E-state index >= 15 is 0 Å². The SMILES string of the molecule is CCn1nc(C)cc1C(=O)Nc1nc2cc(C(N)=O)ccc2n1CCCCN1C(=O)c2ccccc2C1=O. The van der Waals surface area contributed by atoms with Gasteiger partial charge in [-0.05, 0) is 63.1 Å². The lowest BCUT2D eigenvalue weighted by molar-refractivity contribution is 0.0650. The molecule has 2 aromatic heterocycles. The molecular formula is C27H27N7O4. The van der Waals surface area contributed by atoms with Gasteiger partial charge in [-0.2, -0.15) is 5.10 Å². The minimum atomic E-state index is -0.574. The fourth-order valence-electron chi connectivity index (χ4n) is 4.72. The molecule has 38 heavy (non-hydrogen) atoms. The van der Waals surface area contributed by atoms with Crippen molar-refractivity contribution in [2.75, 3.05) is 11.9 Å². The Hall–Kier alpha value is -4.80. The molecule has 3 N–H and O–H groups in total. The number of nitrogens with two attached hydrogens (primary N) is 1. The molecule has 4 amide bonds. The molecule has 0 bridgehead atoms. The maximum Gasteiger partial charge on any atom is 0.276 e. The van der Waals surface area contributed by atoms with Crippen molar-refractivity contribution in [3.8, 4) is 0 Å². The van der Waals surface area contributed by atoms with Gasteiger partial charge in [0, 0.05) is 25.2 Å². The topological polar surface area (TPSA) is 145 Å². The standard InChI is InChI=1S/C27H27N7O4/c1-3-34-22(14-16(2)31-34)24(36)30-27-29-20-15-17(23(28)35)10-11-21(20)32(27)12-6-7-13-33-25(37)18-8-4-5-9-19(18)26(33)38/h4-5,8-11,14-15H,3,6-7,12-13H2,1-2H3,(H2,28,35)(H,29,30,36). The number of rotatable bonds is 9. The number of nitrogens with zero attached hydrogens (tertiary/aromatic N) is 5. The summed E-state index contributed by atoms with van der Waals surface area (Å²) in [6.07, 6.45) is 1.16. The third-order valence-electron chi connectivity index (χ3n) is 6.58. The first-order valence-electron chi connectivity index (χ1n) is 12.4. The second-order valence-corrected chi connectivity index (χ2v) is 9.11. The van der Waals surface area contributed by atoms with Gasteiger partial charge in [0.15, 0.2) is 0 Å². The van der Waals surface area contributed by atoms with Crippen LogP contribution in [0.3, 0.4) is 0 Å². The van der Waals surface area contributed by atoms with E-state index in [0.29, 0.717) is 65.3 Å². The van der Waals surface area contributed by atoms with Crippen LogP contribution in [0.15, 0.2) is 48.5 Å². The van der Waals surface area contributed by atoms with Gasteiger partial charge < -0.3 is 10.3 Å². The molecule has 0 radical (unpaired) electrons. The Kier molecular flexibility index (Phi) is 6.50. The fraction of sp³-hybridized carbons (Fsp3) is 0.259. The number of aromatic nitrogens is 4. The van der Waals surface area contributed by atoms with Gasteiger partial charge in [0.1, 0.15) is 5.69 Å². The summed E-state index contributed by atoms with van der Waals surface area (Å²) in [5.41, 5.74) is 8.96. The van der Waals surface area contributed by atoms with Gasteiger partial charge >= 0.3 is 0 Å². The zero-order valence-corrected chi connectivity index (χ0v) is 21.1. The highest BCUT2D eigenvalue weighted by Gasteiger charge is 2.34. The monoisotopic (exact) mass is 513 g/mol. The summed E-state index contributed by atoms with van der Waals surface area (Å²) in [5, 5.41) is 7.21. The molecule has 0 fully saturated rings. The van der Waals surface area contributed by atoms with Crippen LogP contribution < -0.4 is 11.1 Å². The number of imidazole rings is 1. The van der Waals surface area contributed by atoms with Gasteiger partial charge in [0.2, 0.25) is 11.9 Å². The highest BCUT2D eigenvalue weighted by Crippen LogP contribution is 2.25. The van der Waals surface area contributed by atoms with Crippen LogP contribution in [-0.4, -0.2) is 54.4 Å². The molecule has 11 nitrogen and oxygen atoms in total. The van der Waals surface area contributed by atoms with Crippen LogP contribution in [-0.2, 0) is 13.1 Å². The third-order valence-corrected chi connectivity index (χ3v) is 6.58. The normalized spacial score (nSPS) is 12.8. The average molecular weight is 514 g/mol. The molecule has 2 aromatic carbocycles. The summed E-state index contributed by atoms with van der Waals surface area (Å²) >= 11 is 0. The van der Waals surface area contributed by atoms with Crippen molar-refractivity contribution in [3.63, 3.8) is 0 Å². The van der Waals surface area contributed by atoms with Gasteiger partial charge in [0.25, 0.3) is 17.7 Å². The summed E-state index contributed by atoms with van der Waals surface area (Å²) in [6.45, 7) is 4.99. The van der Waals surface area contributed by atoms with Crippen molar-refractivity contribution < 1.29 is 19.2 Å². The highest BCUT2D eigenvalue weighted by atomic mass is 16.2. The van der Waals surface area contributed by atoms with Crippen molar-refractivity contribution in [1.82, 2.24) is 24.2 Å². The Morgan fingerprint density at radius 1 is 0.974 bits per heavy atom. The quantitative estimate of drug-likeness (QED) is 0.260. The lowest BCUT2D eigenvalue weighted by Crippen LogP contribution is -2.30. The molecule has 11 heteroatoms. The molecule has 4 aromatic rings. The van der Waals surface area contributed by atoms with Crippen LogP contribution in [0.4, 0.5) is 5.95 Å². The number of anilines is 1. The van der Waals surface area contributed by atoms with Gasteiger partial charge in [-0.25, -0.2) is 4.98 Å². The van der Waals surface area contributed by atoms with Crippen LogP contribution in [0.1, 0.15) is 67.0 Å². The summed E-state index contributed by atoms with van der Waals surface area (Å²) < 4.78 is 3.46. The molecular weight excluding hydrogens is 486 g/mol. The molecule has 5 rings (SSSR count). The summed E-state index contributed by atoms with van der Waals surface area (Å²) in [4.78, 5) is 55.9. The fourth-order valence-corrected chi connectivity index (χ4v) is 4.72. The Morgan fingerprint density at radius 3 is 2.32 bits per heavy atom. The van der Waals surface area contributed by atoms with Gasteiger partial charge in [-0.15, -0.1) is 0 Å². The number of carbonyl (C=O) groups excluding carboxylic acids is 4. The number of imide groups is 1. The van der Waals surface area contributed by atoms with Crippen LogP contribution in [0.5, 0.6) is 0 Å². The van der Waals surface area contributed by atoms with E-state index in [2.05, 4.69) is 15.4 Å². The molecule has 0 aliphatic carbocycles. The van der Waals surface area contributed by atoms with E-state index in [0.717, 1.165) is 5.69 Å². The average Bonchev–Trinajstić information content (AvgIpc) is 3.53. The summed E-state index contributed by atoms with van der Waals surface area (Å²) in [6, 6.07) is 13.5. The first-order chi connectivity index (χ1) is 18.3. The molecule has 0 unspecified atom stereocenters. The number of carbonyl (C=O) groups is 4. The minimum Gasteiger partial charge on any atom is -0.366 e.